The van der Waals surface area contributed by atoms with E-state index in [0.717, 1.165) is 29.0 Å². The Labute approximate surface area is 179 Å². The maximum atomic E-state index is 13.3. The Hall–Kier alpha value is -2.84. The normalized spacial score (nSPS) is 10.8. The summed E-state index contributed by atoms with van der Waals surface area (Å²) in [4.78, 5) is 20.1. The van der Waals surface area contributed by atoms with E-state index < -0.39 is 0 Å². The van der Waals surface area contributed by atoms with Crippen LogP contribution in [0.15, 0.2) is 53.6 Å². The molecule has 1 heterocycles. The van der Waals surface area contributed by atoms with E-state index in [9.17, 15) is 9.18 Å². The molecule has 2 aromatic carbocycles. The van der Waals surface area contributed by atoms with Crippen LogP contribution in [0.25, 0.3) is 22.6 Å². The van der Waals surface area contributed by atoms with Gasteiger partial charge in [0.2, 0.25) is 5.91 Å². The second-order valence-corrected chi connectivity index (χ2v) is 7.45. The van der Waals surface area contributed by atoms with Gasteiger partial charge in [-0.1, -0.05) is 11.8 Å². The molecule has 2 N–H and O–H groups in total. The molecule has 0 saturated heterocycles. The number of H-pyrrole nitrogens is 1. The Bertz CT molecular complexity index is 959. The molecule has 0 fully saturated rings. The van der Waals surface area contributed by atoms with Crippen LogP contribution in [0.1, 0.15) is 6.42 Å². The van der Waals surface area contributed by atoms with Crippen molar-refractivity contribution in [2.24, 2.45) is 0 Å². The molecule has 0 atom stereocenters. The second kappa shape index (κ2) is 10.8. The molecule has 1 aromatic heterocycles. The van der Waals surface area contributed by atoms with E-state index in [4.69, 9.17) is 9.47 Å². The zero-order chi connectivity index (χ0) is 21.3. The van der Waals surface area contributed by atoms with E-state index in [-0.39, 0.29) is 17.5 Å². The molecule has 8 heteroatoms. The van der Waals surface area contributed by atoms with Gasteiger partial charge >= 0.3 is 0 Å². The summed E-state index contributed by atoms with van der Waals surface area (Å²) in [5.74, 6) is 1.23. The lowest BCUT2D eigenvalue weighted by Crippen LogP contribution is -2.26. The Kier molecular flexibility index (Phi) is 7.87. The zero-order valence-corrected chi connectivity index (χ0v) is 17.7. The number of thioether (sulfide) groups is 1. The van der Waals surface area contributed by atoms with Crippen molar-refractivity contribution in [3.05, 3.63) is 54.3 Å². The number of nitrogens with zero attached hydrogens (tertiary/aromatic N) is 1. The maximum absolute atomic E-state index is 13.3. The van der Waals surface area contributed by atoms with Gasteiger partial charge in [-0.15, -0.1) is 0 Å². The van der Waals surface area contributed by atoms with E-state index in [1.54, 1.807) is 26.4 Å². The number of carbonyl (C=O) groups excluding carboxylic acids is 1. The fraction of sp³-hybridized carbons (Fsp3) is 0.273. The fourth-order valence-electron chi connectivity index (χ4n) is 2.79. The summed E-state index contributed by atoms with van der Waals surface area (Å²) in [6.07, 6.45) is 0.765. The summed E-state index contributed by atoms with van der Waals surface area (Å²) in [6, 6.07) is 13.7. The van der Waals surface area contributed by atoms with Crippen molar-refractivity contribution in [3.8, 4) is 28.4 Å². The first-order valence-electron chi connectivity index (χ1n) is 9.49. The van der Waals surface area contributed by atoms with Gasteiger partial charge in [0.05, 0.1) is 18.6 Å². The van der Waals surface area contributed by atoms with Crippen LogP contribution in [-0.2, 0) is 9.53 Å². The minimum absolute atomic E-state index is 0.0666. The summed E-state index contributed by atoms with van der Waals surface area (Å²) in [6.45, 7) is 1.18. The van der Waals surface area contributed by atoms with E-state index in [0.29, 0.717) is 24.0 Å². The van der Waals surface area contributed by atoms with Crippen molar-refractivity contribution in [1.29, 1.82) is 0 Å². The van der Waals surface area contributed by atoms with Crippen molar-refractivity contribution in [2.75, 3.05) is 33.1 Å². The van der Waals surface area contributed by atoms with Gasteiger partial charge in [0.15, 0.2) is 0 Å². The van der Waals surface area contributed by atoms with Crippen LogP contribution in [0.2, 0.25) is 0 Å². The summed E-state index contributed by atoms with van der Waals surface area (Å²) >= 11 is 1.35. The third-order valence-electron chi connectivity index (χ3n) is 4.35. The molecule has 0 aliphatic rings. The minimum Gasteiger partial charge on any atom is -0.497 e. The monoisotopic (exact) mass is 429 g/mol. The molecule has 0 saturated carbocycles. The topological polar surface area (TPSA) is 76.2 Å². The van der Waals surface area contributed by atoms with Crippen molar-refractivity contribution >= 4 is 17.7 Å². The number of nitrogens with one attached hydrogen (secondary N) is 2. The molecular formula is C22H24FN3O3S. The van der Waals surface area contributed by atoms with E-state index in [1.807, 2.05) is 24.3 Å². The number of ether oxygens (including phenoxy) is 2. The van der Waals surface area contributed by atoms with Crippen molar-refractivity contribution in [3.63, 3.8) is 0 Å². The average Bonchev–Trinajstić information content (AvgIpc) is 3.20. The molecule has 0 spiro atoms. The predicted molar refractivity (Wildman–Crippen MR) is 116 cm³/mol. The molecule has 158 valence electrons. The largest absolute Gasteiger partial charge is 0.497 e. The highest BCUT2D eigenvalue weighted by atomic mass is 32.2. The Morgan fingerprint density at radius 3 is 2.47 bits per heavy atom. The molecule has 30 heavy (non-hydrogen) atoms. The number of imidazole rings is 1. The van der Waals surface area contributed by atoms with Crippen LogP contribution in [0.4, 0.5) is 4.39 Å². The number of hydrogen-bond acceptors (Lipinski definition) is 5. The third-order valence-corrected chi connectivity index (χ3v) is 5.33. The second-order valence-electron chi connectivity index (χ2n) is 6.49. The molecular weight excluding hydrogens is 405 g/mol. The van der Waals surface area contributed by atoms with Crippen molar-refractivity contribution in [1.82, 2.24) is 15.3 Å². The number of carbonyl (C=O) groups is 1. The Morgan fingerprint density at radius 1 is 1.10 bits per heavy atom. The SMILES string of the molecule is COCCCNC(=O)CSc1nc(-c2ccc(F)cc2)[nH]c1-c1ccc(OC)cc1. The van der Waals surface area contributed by atoms with Crippen LogP contribution in [-0.4, -0.2) is 49.0 Å². The van der Waals surface area contributed by atoms with Crippen molar-refractivity contribution in [2.45, 2.75) is 11.4 Å². The van der Waals surface area contributed by atoms with Crippen LogP contribution < -0.4 is 10.1 Å². The third kappa shape index (κ3) is 5.84. The lowest BCUT2D eigenvalue weighted by atomic mass is 10.1. The Balaban J connectivity index is 1.80. The van der Waals surface area contributed by atoms with Crippen molar-refractivity contribution < 1.29 is 18.7 Å². The van der Waals surface area contributed by atoms with Gasteiger partial charge in [0.1, 0.15) is 22.4 Å². The lowest BCUT2D eigenvalue weighted by Gasteiger charge is -2.06. The highest BCUT2D eigenvalue weighted by Gasteiger charge is 2.16. The smallest absolute Gasteiger partial charge is 0.230 e. The zero-order valence-electron chi connectivity index (χ0n) is 16.9. The molecule has 0 aliphatic carbocycles. The van der Waals surface area contributed by atoms with E-state index in [2.05, 4.69) is 15.3 Å². The summed E-state index contributed by atoms with van der Waals surface area (Å²) in [5.41, 5.74) is 2.48. The van der Waals surface area contributed by atoms with Gasteiger partial charge in [-0.2, -0.15) is 0 Å². The summed E-state index contributed by atoms with van der Waals surface area (Å²) < 4.78 is 23.5. The summed E-state index contributed by atoms with van der Waals surface area (Å²) in [5, 5.41) is 3.57. The number of methoxy groups -OCH3 is 2. The quantitative estimate of drug-likeness (QED) is 0.374. The van der Waals surface area contributed by atoms with Gasteiger partial charge in [0, 0.05) is 31.4 Å². The van der Waals surface area contributed by atoms with E-state index in [1.165, 1.54) is 23.9 Å². The first-order chi connectivity index (χ1) is 14.6. The molecule has 0 aliphatic heterocycles. The van der Waals surface area contributed by atoms with Crippen LogP contribution in [0.3, 0.4) is 0 Å². The average molecular weight is 430 g/mol. The molecule has 3 rings (SSSR count). The number of aromatic amines is 1. The minimum atomic E-state index is -0.305. The van der Waals surface area contributed by atoms with E-state index >= 15 is 0 Å². The van der Waals surface area contributed by atoms with Gasteiger partial charge in [-0.25, -0.2) is 9.37 Å². The number of hydrogen-bond donors (Lipinski definition) is 2. The molecule has 1 amide bonds. The number of benzene rings is 2. The first kappa shape index (κ1) is 21.9. The van der Waals surface area contributed by atoms with Crippen LogP contribution in [0.5, 0.6) is 5.75 Å². The lowest BCUT2D eigenvalue weighted by molar-refractivity contribution is -0.118. The number of rotatable bonds is 10. The maximum Gasteiger partial charge on any atom is 0.230 e. The fourth-order valence-corrected chi connectivity index (χ4v) is 3.63. The molecule has 0 unspecified atom stereocenters. The molecule has 0 radical (unpaired) electrons. The molecule has 0 bridgehead atoms. The summed E-state index contributed by atoms with van der Waals surface area (Å²) in [7, 11) is 3.25. The number of amides is 1. The predicted octanol–water partition coefficient (Wildman–Crippen LogP) is 4.14. The van der Waals surface area contributed by atoms with Gasteiger partial charge < -0.3 is 19.8 Å². The number of aromatic nitrogens is 2. The Morgan fingerprint density at radius 2 is 1.80 bits per heavy atom. The van der Waals surface area contributed by atoms with Gasteiger partial charge in [-0.3, -0.25) is 4.79 Å². The van der Waals surface area contributed by atoms with Gasteiger partial charge in [0.25, 0.3) is 0 Å². The number of halogens is 1. The van der Waals surface area contributed by atoms with Gasteiger partial charge in [-0.05, 0) is 55.0 Å². The first-order valence-corrected chi connectivity index (χ1v) is 10.5. The highest BCUT2D eigenvalue weighted by molar-refractivity contribution is 8.00. The molecule has 3 aromatic rings. The standard InChI is InChI=1S/C22H24FN3O3S/c1-28-13-3-12-24-19(27)14-30-22-20(15-6-10-18(29-2)11-7-15)25-21(26-22)16-4-8-17(23)9-5-16/h4-11H,3,12-14H2,1-2H3,(H,24,27)(H,25,26). The van der Waals surface area contributed by atoms with Crippen LogP contribution >= 0.6 is 11.8 Å². The molecule has 6 nitrogen and oxygen atoms in total. The highest BCUT2D eigenvalue weighted by Crippen LogP contribution is 2.33. The van der Waals surface area contributed by atoms with Crippen LogP contribution in [0, 0.1) is 5.82 Å².